The van der Waals surface area contributed by atoms with Gasteiger partial charge in [-0.1, -0.05) is 24.3 Å². The maximum Gasteiger partial charge on any atom is 0.223 e. The molecule has 0 bridgehead atoms. The highest BCUT2D eigenvalue weighted by atomic mass is 16.5. The maximum atomic E-state index is 12.2. The van der Waals surface area contributed by atoms with E-state index in [2.05, 4.69) is 17.4 Å². The lowest BCUT2D eigenvalue weighted by Crippen LogP contribution is -2.41. The maximum absolute atomic E-state index is 12.2. The van der Waals surface area contributed by atoms with Crippen molar-refractivity contribution in [2.45, 2.75) is 56.7 Å². The Hall–Kier alpha value is -1.39. The predicted octanol–water partition coefficient (Wildman–Crippen LogP) is 2.08. The topological polar surface area (TPSA) is 64.3 Å². The third-order valence-electron chi connectivity index (χ3n) is 4.60. The fourth-order valence-electron chi connectivity index (χ4n) is 3.36. The van der Waals surface area contributed by atoms with Crippen LogP contribution >= 0.6 is 0 Å². The number of carbonyl (C=O) groups is 1. The van der Waals surface area contributed by atoms with Gasteiger partial charge in [-0.2, -0.15) is 0 Å². The van der Waals surface area contributed by atoms with E-state index in [0.29, 0.717) is 19.1 Å². The molecule has 1 aromatic rings. The van der Waals surface area contributed by atoms with Crippen LogP contribution in [0.15, 0.2) is 24.3 Å². The first kappa shape index (κ1) is 14.5. The van der Waals surface area contributed by atoms with Gasteiger partial charge in [-0.05, 0) is 43.2 Å². The summed E-state index contributed by atoms with van der Waals surface area (Å²) in [5, 5.41) is 3.14. The number of hydrogen-bond donors (Lipinski definition) is 2. The minimum atomic E-state index is -0.0965. The molecule has 0 aromatic heterocycles. The summed E-state index contributed by atoms with van der Waals surface area (Å²) < 4.78 is 5.80. The molecule has 1 atom stereocenters. The van der Waals surface area contributed by atoms with Crippen molar-refractivity contribution in [3.05, 3.63) is 35.4 Å². The molecule has 0 saturated heterocycles. The predicted molar refractivity (Wildman–Crippen MR) is 81.8 cm³/mol. The van der Waals surface area contributed by atoms with Gasteiger partial charge < -0.3 is 15.8 Å². The second-order valence-corrected chi connectivity index (χ2v) is 6.19. The van der Waals surface area contributed by atoms with Crippen LogP contribution in [-0.4, -0.2) is 24.6 Å². The van der Waals surface area contributed by atoms with Crippen LogP contribution in [-0.2, 0) is 16.0 Å². The molecule has 1 unspecified atom stereocenters. The monoisotopic (exact) mass is 288 g/mol. The Kier molecular flexibility index (Phi) is 4.56. The average Bonchev–Trinajstić information content (AvgIpc) is 2.50. The molecule has 4 heteroatoms. The van der Waals surface area contributed by atoms with Crippen molar-refractivity contribution in [2.75, 3.05) is 6.61 Å². The number of carbonyl (C=O) groups excluding carboxylic acids is 1. The van der Waals surface area contributed by atoms with Gasteiger partial charge >= 0.3 is 0 Å². The summed E-state index contributed by atoms with van der Waals surface area (Å²) in [5.74, 6) is 0.0946. The molecule has 3 N–H and O–H groups in total. The average molecular weight is 288 g/mol. The second-order valence-electron chi connectivity index (χ2n) is 6.19. The Labute approximate surface area is 126 Å². The summed E-state index contributed by atoms with van der Waals surface area (Å²) in [6, 6.07) is 8.87. The molecule has 1 fully saturated rings. The molecule has 0 spiro atoms. The first-order valence-electron chi connectivity index (χ1n) is 7.96. The van der Waals surface area contributed by atoms with Crippen molar-refractivity contribution in [1.29, 1.82) is 0 Å². The van der Waals surface area contributed by atoms with Crippen molar-refractivity contribution in [3.8, 4) is 0 Å². The van der Waals surface area contributed by atoms with Crippen LogP contribution in [0.2, 0.25) is 0 Å². The quantitative estimate of drug-likeness (QED) is 0.895. The van der Waals surface area contributed by atoms with E-state index >= 15 is 0 Å². The summed E-state index contributed by atoms with van der Waals surface area (Å²) in [7, 11) is 0. The molecule has 0 radical (unpaired) electrons. The van der Waals surface area contributed by atoms with Crippen molar-refractivity contribution in [1.82, 2.24) is 5.32 Å². The fourth-order valence-corrected chi connectivity index (χ4v) is 3.36. The van der Waals surface area contributed by atoms with Gasteiger partial charge in [-0.15, -0.1) is 0 Å². The zero-order chi connectivity index (χ0) is 14.7. The van der Waals surface area contributed by atoms with Gasteiger partial charge in [-0.25, -0.2) is 0 Å². The molecule has 1 aliphatic carbocycles. The van der Waals surface area contributed by atoms with Crippen LogP contribution < -0.4 is 11.1 Å². The molecular formula is C17H24N2O2. The lowest BCUT2D eigenvalue weighted by molar-refractivity contribution is -0.125. The van der Waals surface area contributed by atoms with Gasteiger partial charge in [0, 0.05) is 12.1 Å². The Morgan fingerprint density at radius 2 is 2.00 bits per heavy atom. The largest absolute Gasteiger partial charge is 0.373 e. The van der Waals surface area contributed by atoms with Gasteiger partial charge in [-0.3, -0.25) is 4.79 Å². The highest BCUT2D eigenvalue weighted by Crippen LogP contribution is 2.29. The van der Waals surface area contributed by atoms with Crippen LogP contribution in [0.1, 0.15) is 49.3 Å². The standard InChI is InChI=1S/C17H24N2O2/c18-13-5-7-14(8-6-13)19-17(20)11-16-15-4-2-1-3-12(15)9-10-21-16/h1-4,13-14,16H,5-11,18H2,(H,19,20). The fraction of sp³-hybridized carbons (Fsp3) is 0.588. The van der Waals surface area contributed by atoms with E-state index < -0.39 is 0 Å². The van der Waals surface area contributed by atoms with Crippen molar-refractivity contribution in [3.63, 3.8) is 0 Å². The Morgan fingerprint density at radius 1 is 1.24 bits per heavy atom. The number of fused-ring (bicyclic) bond motifs is 1. The lowest BCUT2D eigenvalue weighted by Gasteiger charge is -2.29. The van der Waals surface area contributed by atoms with Gasteiger partial charge in [0.15, 0.2) is 0 Å². The molecule has 1 aromatic carbocycles. The molecule has 1 aliphatic heterocycles. The summed E-state index contributed by atoms with van der Waals surface area (Å²) in [4.78, 5) is 12.2. The first-order valence-corrected chi connectivity index (χ1v) is 7.96. The molecule has 1 amide bonds. The van der Waals surface area contributed by atoms with Crippen LogP contribution in [0.5, 0.6) is 0 Å². The number of hydrogen-bond acceptors (Lipinski definition) is 3. The summed E-state index contributed by atoms with van der Waals surface area (Å²) in [6.07, 6.45) is 5.26. The van der Waals surface area contributed by atoms with Crippen molar-refractivity contribution in [2.24, 2.45) is 5.73 Å². The van der Waals surface area contributed by atoms with Crippen LogP contribution in [0.4, 0.5) is 0 Å². The second kappa shape index (κ2) is 6.58. The SMILES string of the molecule is NC1CCC(NC(=O)CC2OCCc3ccccc32)CC1. The molecule has 1 saturated carbocycles. The van der Waals surface area contributed by atoms with Crippen molar-refractivity contribution >= 4 is 5.91 Å². The van der Waals surface area contributed by atoms with Gasteiger partial charge in [0.1, 0.15) is 0 Å². The van der Waals surface area contributed by atoms with Crippen LogP contribution in [0.25, 0.3) is 0 Å². The van der Waals surface area contributed by atoms with E-state index in [9.17, 15) is 4.79 Å². The number of benzene rings is 1. The van der Waals surface area contributed by atoms with Crippen LogP contribution in [0.3, 0.4) is 0 Å². The Morgan fingerprint density at radius 3 is 2.81 bits per heavy atom. The van der Waals surface area contributed by atoms with Gasteiger partial charge in [0.25, 0.3) is 0 Å². The van der Waals surface area contributed by atoms with E-state index in [-0.39, 0.29) is 18.1 Å². The first-order chi connectivity index (χ1) is 10.2. The molecule has 3 rings (SSSR count). The van der Waals surface area contributed by atoms with E-state index in [1.54, 1.807) is 0 Å². The molecule has 114 valence electrons. The van der Waals surface area contributed by atoms with Gasteiger partial charge in [0.2, 0.25) is 5.91 Å². The lowest BCUT2D eigenvalue weighted by atomic mass is 9.91. The van der Waals surface area contributed by atoms with E-state index in [0.717, 1.165) is 32.1 Å². The van der Waals surface area contributed by atoms with E-state index in [1.165, 1.54) is 11.1 Å². The number of ether oxygens (including phenoxy) is 1. The minimum absolute atomic E-state index is 0.0946. The van der Waals surface area contributed by atoms with Crippen molar-refractivity contribution < 1.29 is 9.53 Å². The number of nitrogens with two attached hydrogens (primary N) is 1. The molecule has 4 nitrogen and oxygen atoms in total. The van der Waals surface area contributed by atoms with E-state index in [1.807, 2.05) is 12.1 Å². The number of rotatable bonds is 3. The summed E-state index contributed by atoms with van der Waals surface area (Å²) in [6.45, 7) is 0.702. The normalized spacial score (nSPS) is 28.7. The zero-order valence-corrected chi connectivity index (χ0v) is 12.4. The number of amides is 1. The summed E-state index contributed by atoms with van der Waals surface area (Å²) >= 11 is 0. The summed E-state index contributed by atoms with van der Waals surface area (Å²) in [5.41, 5.74) is 8.38. The Bertz CT molecular complexity index is 495. The zero-order valence-electron chi connectivity index (χ0n) is 12.4. The molecular weight excluding hydrogens is 264 g/mol. The number of nitrogens with one attached hydrogen (secondary N) is 1. The molecule has 1 heterocycles. The third-order valence-corrected chi connectivity index (χ3v) is 4.60. The highest BCUT2D eigenvalue weighted by Gasteiger charge is 2.25. The van der Waals surface area contributed by atoms with E-state index in [4.69, 9.17) is 10.5 Å². The third kappa shape index (κ3) is 3.63. The van der Waals surface area contributed by atoms with Gasteiger partial charge in [0.05, 0.1) is 19.1 Å². The minimum Gasteiger partial charge on any atom is -0.373 e. The Balaban J connectivity index is 1.56. The smallest absolute Gasteiger partial charge is 0.223 e. The highest BCUT2D eigenvalue weighted by molar-refractivity contribution is 5.77. The molecule has 21 heavy (non-hydrogen) atoms. The molecule has 2 aliphatic rings. The van der Waals surface area contributed by atoms with Crippen LogP contribution in [0, 0.1) is 0 Å².